The van der Waals surface area contributed by atoms with E-state index in [2.05, 4.69) is 15.6 Å². The lowest BCUT2D eigenvalue weighted by molar-refractivity contribution is -0.120. The Morgan fingerprint density at radius 1 is 1.21 bits per heavy atom. The van der Waals surface area contributed by atoms with Crippen LogP contribution in [0.15, 0.2) is 57.8 Å². The lowest BCUT2D eigenvalue weighted by atomic mass is 10.2. The van der Waals surface area contributed by atoms with Gasteiger partial charge in [-0.25, -0.2) is 4.98 Å². The smallest absolute Gasteiger partial charge is 0.238 e. The summed E-state index contributed by atoms with van der Waals surface area (Å²) in [7, 11) is 0. The van der Waals surface area contributed by atoms with Crippen LogP contribution in [0.25, 0.3) is 11.5 Å². The molecule has 0 saturated carbocycles. The van der Waals surface area contributed by atoms with Crippen molar-refractivity contribution in [3.05, 3.63) is 60.0 Å². The van der Waals surface area contributed by atoms with Gasteiger partial charge in [0, 0.05) is 22.6 Å². The minimum Gasteiger partial charge on any atom is -0.441 e. The fraction of sp³-hybridized carbons (Fsp3) is 0.190. The van der Waals surface area contributed by atoms with Crippen molar-refractivity contribution in [3.8, 4) is 11.5 Å². The summed E-state index contributed by atoms with van der Waals surface area (Å²) < 4.78 is 5.65. The molecule has 0 unspecified atom stereocenters. The van der Waals surface area contributed by atoms with E-state index < -0.39 is 5.25 Å². The highest BCUT2D eigenvalue weighted by Crippen LogP contribution is 2.36. The number of carbonyl (C=O) groups excluding carboxylic acids is 2. The number of oxazole rings is 1. The van der Waals surface area contributed by atoms with Gasteiger partial charge in [0.15, 0.2) is 0 Å². The average Bonchev–Trinajstić information content (AvgIpc) is 3.01. The van der Waals surface area contributed by atoms with Crippen molar-refractivity contribution < 1.29 is 14.0 Å². The Bertz CT molecular complexity index is 1040. The number of aromatic nitrogens is 1. The maximum atomic E-state index is 12.5. The molecule has 0 saturated heterocycles. The first-order valence-corrected chi connectivity index (χ1v) is 9.78. The molecule has 142 valence electrons. The first-order chi connectivity index (χ1) is 13.5. The predicted molar refractivity (Wildman–Crippen MR) is 109 cm³/mol. The molecule has 2 aromatic carbocycles. The van der Waals surface area contributed by atoms with Crippen LogP contribution >= 0.6 is 11.8 Å². The Morgan fingerprint density at radius 2 is 2.04 bits per heavy atom. The van der Waals surface area contributed by atoms with E-state index in [9.17, 15) is 9.59 Å². The Morgan fingerprint density at radius 3 is 2.82 bits per heavy atom. The van der Waals surface area contributed by atoms with E-state index in [1.165, 1.54) is 11.8 Å². The number of anilines is 2. The number of para-hydroxylation sites is 1. The molecular weight excluding hydrogens is 374 g/mol. The molecule has 1 aromatic heterocycles. The lowest BCUT2D eigenvalue weighted by Gasteiger charge is -2.23. The topological polar surface area (TPSA) is 84.2 Å². The van der Waals surface area contributed by atoms with E-state index in [-0.39, 0.29) is 18.2 Å². The van der Waals surface area contributed by atoms with Crippen LogP contribution in [0.1, 0.15) is 17.9 Å². The minimum absolute atomic E-state index is 0.0896. The van der Waals surface area contributed by atoms with Crippen LogP contribution in [0, 0.1) is 13.8 Å². The van der Waals surface area contributed by atoms with Gasteiger partial charge in [0.05, 0.1) is 16.6 Å². The van der Waals surface area contributed by atoms with E-state index in [4.69, 9.17) is 4.42 Å². The van der Waals surface area contributed by atoms with Gasteiger partial charge in [-0.2, -0.15) is 0 Å². The van der Waals surface area contributed by atoms with Crippen LogP contribution in [0.3, 0.4) is 0 Å². The quantitative estimate of drug-likeness (QED) is 0.686. The van der Waals surface area contributed by atoms with Gasteiger partial charge in [-0.3, -0.25) is 9.59 Å². The lowest BCUT2D eigenvalue weighted by Crippen LogP contribution is -2.32. The Hall–Kier alpha value is -3.06. The zero-order valence-electron chi connectivity index (χ0n) is 15.5. The molecule has 2 amide bonds. The number of nitrogens with zero attached hydrogens (tertiary/aromatic N) is 1. The van der Waals surface area contributed by atoms with Crippen molar-refractivity contribution in [2.75, 3.05) is 10.6 Å². The fourth-order valence-corrected chi connectivity index (χ4v) is 4.04. The zero-order chi connectivity index (χ0) is 19.7. The molecule has 3 aromatic rings. The van der Waals surface area contributed by atoms with Crippen LogP contribution in [0.4, 0.5) is 11.4 Å². The van der Waals surface area contributed by atoms with Gasteiger partial charge in [0.2, 0.25) is 17.7 Å². The van der Waals surface area contributed by atoms with E-state index in [1.54, 1.807) is 6.07 Å². The second-order valence-corrected chi connectivity index (χ2v) is 7.83. The molecule has 6 nitrogen and oxygen atoms in total. The molecule has 1 aliphatic heterocycles. The maximum Gasteiger partial charge on any atom is 0.238 e. The normalized spacial score (nSPS) is 15.6. The fourth-order valence-electron chi connectivity index (χ4n) is 2.93. The first kappa shape index (κ1) is 18.3. The van der Waals surface area contributed by atoms with Gasteiger partial charge in [0.25, 0.3) is 0 Å². The van der Waals surface area contributed by atoms with Gasteiger partial charge < -0.3 is 15.1 Å². The number of amides is 2. The van der Waals surface area contributed by atoms with E-state index >= 15 is 0 Å². The molecule has 0 fully saturated rings. The molecule has 0 aliphatic carbocycles. The van der Waals surface area contributed by atoms with Gasteiger partial charge in [-0.05, 0) is 44.2 Å². The third kappa shape index (κ3) is 3.80. The van der Waals surface area contributed by atoms with Gasteiger partial charge in [-0.15, -0.1) is 11.8 Å². The molecule has 4 rings (SSSR count). The molecule has 0 bridgehead atoms. The first-order valence-electron chi connectivity index (χ1n) is 8.90. The highest BCUT2D eigenvalue weighted by molar-refractivity contribution is 8.01. The van der Waals surface area contributed by atoms with Gasteiger partial charge in [-0.1, -0.05) is 18.2 Å². The number of rotatable bonds is 4. The largest absolute Gasteiger partial charge is 0.441 e. The van der Waals surface area contributed by atoms with E-state index in [0.29, 0.717) is 11.6 Å². The van der Waals surface area contributed by atoms with Crippen LogP contribution in [0.5, 0.6) is 0 Å². The summed E-state index contributed by atoms with van der Waals surface area (Å²) >= 11 is 1.41. The summed E-state index contributed by atoms with van der Waals surface area (Å²) in [6, 6.07) is 14.9. The van der Waals surface area contributed by atoms with Crippen molar-refractivity contribution in [2.24, 2.45) is 0 Å². The number of nitrogens with one attached hydrogen (secondary N) is 2. The molecule has 1 aliphatic rings. The predicted octanol–water partition coefficient (Wildman–Crippen LogP) is 4.40. The highest BCUT2D eigenvalue weighted by atomic mass is 32.2. The zero-order valence-corrected chi connectivity index (χ0v) is 16.3. The number of hydrogen-bond donors (Lipinski definition) is 2. The second-order valence-electron chi connectivity index (χ2n) is 6.59. The maximum absolute atomic E-state index is 12.5. The summed E-state index contributed by atoms with van der Waals surface area (Å²) in [6.07, 6.45) is 0.0896. The van der Waals surface area contributed by atoms with E-state index in [0.717, 1.165) is 27.6 Å². The summed E-state index contributed by atoms with van der Waals surface area (Å²) in [5, 5.41) is 5.26. The summed E-state index contributed by atoms with van der Waals surface area (Å²) in [6.45, 7) is 3.75. The van der Waals surface area contributed by atoms with Gasteiger partial charge >= 0.3 is 0 Å². The van der Waals surface area contributed by atoms with Crippen molar-refractivity contribution in [1.82, 2.24) is 4.98 Å². The van der Waals surface area contributed by atoms with Crippen LogP contribution in [-0.2, 0) is 9.59 Å². The number of thioether (sulfide) groups is 1. The van der Waals surface area contributed by atoms with Crippen LogP contribution < -0.4 is 10.6 Å². The molecule has 2 N–H and O–H groups in total. The number of carbonyl (C=O) groups is 2. The Balaban J connectivity index is 1.44. The molecule has 1 atom stereocenters. The van der Waals surface area contributed by atoms with E-state index in [1.807, 2.05) is 56.3 Å². The Kier molecular flexibility index (Phi) is 4.92. The molecule has 7 heteroatoms. The summed E-state index contributed by atoms with van der Waals surface area (Å²) in [4.78, 5) is 30.1. The standard InChI is InChI=1S/C21H19N3O3S/c1-12-13(2)27-21(22-12)14-6-5-7-15(10-14)23-19(25)11-18-20(26)24-16-8-3-4-9-17(16)28-18/h3-10,18H,11H2,1-2H3,(H,23,25)(H,24,26)/t18-/m0/s1. The van der Waals surface area contributed by atoms with Crippen molar-refractivity contribution >= 4 is 35.0 Å². The monoisotopic (exact) mass is 393 g/mol. The highest BCUT2D eigenvalue weighted by Gasteiger charge is 2.28. The summed E-state index contributed by atoms with van der Waals surface area (Å²) in [5.74, 6) is 0.914. The van der Waals surface area contributed by atoms with Crippen molar-refractivity contribution in [2.45, 2.75) is 30.4 Å². The SMILES string of the molecule is Cc1nc(-c2cccc(NC(=O)C[C@@H]3Sc4ccccc4NC3=O)c2)oc1C. The number of hydrogen-bond acceptors (Lipinski definition) is 5. The second kappa shape index (κ2) is 7.52. The van der Waals surface area contributed by atoms with Crippen molar-refractivity contribution in [1.29, 1.82) is 0 Å². The number of benzene rings is 2. The van der Waals surface area contributed by atoms with Gasteiger partial charge in [0.1, 0.15) is 5.76 Å². The molecular formula is C21H19N3O3S. The molecule has 0 radical (unpaired) electrons. The number of fused-ring (bicyclic) bond motifs is 1. The summed E-state index contributed by atoms with van der Waals surface area (Å²) in [5.41, 5.74) is 3.05. The van der Waals surface area contributed by atoms with Crippen LogP contribution in [0.2, 0.25) is 0 Å². The third-order valence-corrected chi connectivity index (χ3v) is 5.77. The minimum atomic E-state index is -0.463. The Labute approximate surface area is 166 Å². The third-order valence-electron chi connectivity index (χ3n) is 4.50. The molecule has 0 spiro atoms. The van der Waals surface area contributed by atoms with Crippen LogP contribution in [-0.4, -0.2) is 22.0 Å². The number of aryl methyl sites for hydroxylation is 2. The average molecular weight is 393 g/mol. The molecule has 28 heavy (non-hydrogen) atoms. The van der Waals surface area contributed by atoms with Crippen molar-refractivity contribution in [3.63, 3.8) is 0 Å². The molecule has 2 heterocycles.